The molecule has 16 heavy (non-hydrogen) atoms. The molecule has 0 spiro atoms. The number of aryl methyl sites for hydroxylation is 1. The predicted octanol–water partition coefficient (Wildman–Crippen LogP) is 1.94. The number of hydrogen-bond donors (Lipinski definition) is 2. The average Bonchev–Trinajstić information content (AvgIpc) is 2.65. The number of phenols is 1. The number of aromatic nitrogens is 1. The lowest BCUT2D eigenvalue weighted by Gasteiger charge is -2.00. The molecule has 0 unspecified atom stereocenters. The summed E-state index contributed by atoms with van der Waals surface area (Å²) in [6.45, 7) is 1.76. The molecule has 0 fully saturated rings. The van der Waals surface area contributed by atoms with E-state index in [0.717, 1.165) is 0 Å². The lowest BCUT2D eigenvalue weighted by Crippen LogP contribution is -2.10. The van der Waals surface area contributed by atoms with E-state index < -0.39 is 0 Å². The van der Waals surface area contributed by atoms with Gasteiger partial charge in [0, 0.05) is 11.6 Å². The average molecular weight is 218 g/mol. The van der Waals surface area contributed by atoms with Crippen LogP contribution in [0.2, 0.25) is 0 Å². The van der Waals surface area contributed by atoms with Crippen LogP contribution in [0.5, 0.6) is 5.75 Å². The van der Waals surface area contributed by atoms with Crippen molar-refractivity contribution in [2.24, 2.45) is 0 Å². The second-order valence-electron chi connectivity index (χ2n) is 3.33. The van der Waals surface area contributed by atoms with Crippen LogP contribution < -0.4 is 5.32 Å². The highest BCUT2D eigenvalue weighted by atomic mass is 16.5. The van der Waals surface area contributed by atoms with Gasteiger partial charge in [-0.05, 0) is 31.2 Å². The summed E-state index contributed by atoms with van der Waals surface area (Å²) in [5, 5.41) is 15.3. The fraction of sp³-hybridized carbons (Fsp3) is 0.0909. The minimum Gasteiger partial charge on any atom is -0.508 e. The molecule has 82 valence electrons. The third-order valence-electron chi connectivity index (χ3n) is 1.99. The Morgan fingerprint density at radius 2 is 2.06 bits per heavy atom. The highest BCUT2D eigenvalue weighted by Gasteiger charge is 2.08. The van der Waals surface area contributed by atoms with Gasteiger partial charge < -0.3 is 9.63 Å². The molecule has 5 heteroatoms. The molecule has 1 amide bonds. The molecule has 0 aliphatic rings. The molecule has 2 N–H and O–H groups in total. The molecule has 2 aromatic rings. The maximum atomic E-state index is 11.7. The maximum Gasteiger partial charge on any atom is 0.258 e. The molecule has 0 aliphatic carbocycles. The smallest absolute Gasteiger partial charge is 0.258 e. The molecule has 0 saturated carbocycles. The Bertz CT molecular complexity index is 502. The van der Waals surface area contributed by atoms with E-state index in [-0.39, 0.29) is 11.7 Å². The zero-order valence-electron chi connectivity index (χ0n) is 8.60. The van der Waals surface area contributed by atoms with Gasteiger partial charge in [-0.25, -0.2) is 0 Å². The molecule has 0 radical (unpaired) electrons. The fourth-order valence-corrected chi connectivity index (χ4v) is 1.22. The van der Waals surface area contributed by atoms with E-state index in [1.165, 1.54) is 24.3 Å². The second-order valence-corrected chi connectivity index (χ2v) is 3.33. The van der Waals surface area contributed by atoms with Crippen LogP contribution in [0.1, 0.15) is 16.1 Å². The number of rotatable bonds is 2. The van der Waals surface area contributed by atoms with Crippen LogP contribution in [0.4, 0.5) is 5.88 Å². The zero-order valence-corrected chi connectivity index (χ0v) is 8.60. The van der Waals surface area contributed by atoms with E-state index in [9.17, 15) is 4.79 Å². The minimum atomic E-state index is -0.309. The maximum absolute atomic E-state index is 11.7. The number of carbonyl (C=O) groups is 1. The van der Waals surface area contributed by atoms with Gasteiger partial charge in [0.1, 0.15) is 5.75 Å². The van der Waals surface area contributed by atoms with Gasteiger partial charge in [0.25, 0.3) is 5.91 Å². The standard InChI is InChI=1S/C11H10N2O3/c1-7-6-10(16-13-7)12-11(15)8-2-4-9(14)5-3-8/h2-6,14H,1H3,(H,12,15). The quantitative estimate of drug-likeness (QED) is 0.807. The predicted molar refractivity (Wildman–Crippen MR) is 57.3 cm³/mol. The van der Waals surface area contributed by atoms with E-state index in [1.54, 1.807) is 13.0 Å². The highest BCUT2D eigenvalue weighted by Crippen LogP contribution is 2.13. The molecule has 0 atom stereocenters. The van der Waals surface area contributed by atoms with Crippen LogP contribution in [-0.2, 0) is 0 Å². The van der Waals surface area contributed by atoms with Crippen LogP contribution in [0.25, 0.3) is 0 Å². The summed E-state index contributed by atoms with van der Waals surface area (Å²) in [5.74, 6) is 0.110. The Balaban J connectivity index is 2.11. The Morgan fingerprint density at radius 1 is 1.38 bits per heavy atom. The molecular formula is C11H10N2O3. The van der Waals surface area contributed by atoms with Crippen molar-refractivity contribution in [3.8, 4) is 5.75 Å². The summed E-state index contributed by atoms with van der Waals surface area (Å²) in [6.07, 6.45) is 0. The first-order valence-electron chi connectivity index (χ1n) is 4.69. The lowest BCUT2D eigenvalue weighted by atomic mass is 10.2. The van der Waals surface area contributed by atoms with Crippen molar-refractivity contribution in [2.45, 2.75) is 6.92 Å². The number of hydrogen-bond acceptors (Lipinski definition) is 4. The number of nitrogens with one attached hydrogen (secondary N) is 1. The third kappa shape index (κ3) is 2.20. The highest BCUT2D eigenvalue weighted by molar-refractivity contribution is 6.03. The van der Waals surface area contributed by atoms with Gasteiger partial charge in [-0.1, -0.05) is 5.16 Å². The number of carbonyl (C=O) groups excluding carboxylic acids is 1. The van der Waals surface area contributed by atoms with Crippen molar-refractivity contribution in [1.82, 2.24) is 5.16 Å². The molecule has 1 aromatic carbocycles. The number of anilines is 1. The van der Waals surface area contributed by atoms with Crippen LogP contribution >= 0.6 is 0 Å². The molecule has 5 nitrogen and oxygen atoms in total. The number of phenolic OH excluding ortho intramolecular Hbond substituents is 1. The topological polar surface area (TPSA) is 75.4 Å². The minimum absolute atomic E-state index is 0.118. The molecule has 0 aliphatic heterocycles. The summed E-state index contributed by atoms with van der Waals surface area (Å²) >= 11 is 0. The van der Waals surface area contributed by atoms with Gasteiger partial charge in [-0.3, -0.25) is 10.1 Å². The molecule has 0 saturated heterocycles. The molecule has 2 rings (SSSR count). The van der Waals surface area contributed by atoms with Crippen molar-refractivity contribution >= 4 is 11.8 Å². The lowest BCUT2D eigenvalue weighted by molar-refractivity contribution is 0.102. The monoisotopic (exact) mass is 218 g/mol. The molecule has 1 aromatic heterocycles. The number of nitrogens with zero attached hydrogens (tertiary/aromatic N) is 1. The molecule has 1 heterocycles. The Morgan fingerprint density at radius 3 is 2.62 bits per heavy atom. The van der Waals surface area contributed by atoms with Crippen LogP contribution in [-0.4, -0.2) is 16.2 Å². The largest absolute Gasteiger partial charge is 0.508 e. The van der Waals surface area contributed by atoms with Gasteiger partial charge in [-0.2, -0.15) is 0 Å². The van der Waals surface area contributed by atoms with Crippen LogP contribution in [0.3, 0.4) is 0 Å². The van der Waals surface area contributed by atoms with E-state index >= 15 is 0 Å². The van der Waals surface area contributed by atoms with Crippen molar-refractivity contribution in [1.29, 1.82) is 0 Å². The first-order valence-corrected chi connectivity index (χ1v) is 4.69. The van der Waals surface area contributed by atoms with Gasteiger partial charge in [0.05, 0.1) is 5.69 Å². The Labute approximate surface area is 91.7 Å². The van der Waals surface area contributed by atoms with Gasteiger partial charge in [-0.15, -0.1) is 0 Å². The van der Waals surface area contributed by atoms with E-state index in [1.807, 2.05) is 0 Å². The van der Waals surface area contributed by atoms with Crippen LogP contribution in [0.15, 0.2) is 34.9 Å². The second kappa shape index (κ2) is 4.06. The van der Waals surface area contributed by atoms with E-state index in [0.29, 0.717) is 17.1 Å². The SMILES string of the molecule is Cc1cc(NC(=O)c2ccc(O)cc2)on1. The van der Waals surface area contributed by atoms with E-state index in [2.05, 4.69) is 10.5 Å². The van der Waals surface area contributed by atoms with Gasteiger partial charge >= 0.3 is 0 Å². The van der Waals surface area contributed by atoms with Crippen molar-refractivity contribution in [3.63, 3.8) is 0 Å². The van der Waals surface area contributed by atoms with Gasteiger partial charge in [0.15, 0.2) is 0 Å². The van der Waals surface area contributed by atoms with E-state index in [4.69, 9.17) is 9.63 Å². The molecule has 0 bridgehead atoms. The summed E-state index contributed by atoms with van der Waals surface area (Å²) < 4.78 is 4.85. The normalized spacial score (nSPS) is 10.1. The molecular weight excluding hydrogens is 208 g/mol. The Kier molecular flexibility index (Phi) is 2.59. The fourth-order valence-electron chi connectivity index (χ4n) is 1.22. The van der Waals surface area contributed by atoms with Crippen molar-refractivity contribution in [3.05, 3.63) is 41.6 Å². The first kappa shape index (κ1) is 10.2. The summed E-state index contributed by atoms with van der Waals surface area (Å²) in [5.41, 5.74) is 1.13. The van der Waals surface area contributed by atoms with Crippen molar-refractivity contribution in [2.75, 3.05) is 5.32 Å². The summed E-state index contributed by atoms with van der Waals surface area (Å²) in [4.78, 5) is 11.7. The summed E-state index contributed by atoms with van der Waals surface area (Å²) in [6, 6.07) is 7.56. The number of aromatic hydroxyl groups is 1. The summed E-state index contributed by atoms with van der Waals surface area (Å²) in [7, 11) is 0. The zero-order chi connectivity index (χ0) is 11.5. The Hall–Kier alpha value is -2.30. The number of benzene rings is 1. The number of amides is 1. The first-order chi connectivity index (χ1) is 7.65. The van der Waals surface area contributed by atoms with Gasteiger partial charge in [0.2, 0.25) is 5.88 Å². The van der Waals surface area contributed by atoms with Crippen molar-refractivity contribution < 1.29 is 14.4 Å². The van der Waals surface area contributed by atoms with Crippen LogP contribution in [0, 0.1) is 6.92 Å². The third-order valence-corrected chi connectivity index (χ3v) is 1.99.